The molecule has 9 heteroatoms. The van der Waals surface area contributed by atoms with E-state index in [0.29, 0.717) is 6.07 Å². The van der Waals surface area contributed by atoms with E-state index in [1.807, 2.05) is 0 Å². The van der Waals surface area contributed by atoms with Crippen molar-refractivity contribution in [2.24, 2.45) is 0 Å². The molecule has 0 bridgehead atoms. The van der Waals surface area contributed by atoms with Crippen molar-refractivity contribution >= 4 is 27.3 Å². The Morgan fingerprint density at radius 1 is 1.39 bits per heavy atom. The highest BCUT2D eigenvalue weighted by molar-refractivity contribution is 7.93. The number of hydrogen-bond donors (Lipinski definition) is 1. The van der Waals surface area contributed by atoms with E-state index >= 15 is 0 Å². The Morgan fingerprint density at radius 2 is 2.00 bits per heavy atom. The number of nitrogens with one attached hydrogen (secondary N) is 1. The van der Waals surface area contributed by atoms with Gasteiger partial charge in [0.1, 0.15) is 11.0 Å². The number of sulfonamides is 1. The smallest absolute Gasteiger partial charge is 0.418 e. The lowest BCUT2D eigenvalue weighted by molar-refractivity contribution is -0.137. The molecule has 0 radical (unpaired) electrons. The molecular weight excluding hydrogens is 295 g/mol. The third kappa shape index (κ3) is 3.67. The molecule has 1 rings (SSSR count). The molecule has 0 saturated heterocycles. The molecule has 0 unspecified atom stereocenters. The van der Waals surface area contributed by atoms with Gasteiger partial charge in [-0.15, -0.1) is 11.6 Å². The van der Waals surface area contributed by atoms with Crippen LogP contribution in [-0.4, -0.2) is 20.7 Å². The van der Waals surface area contributed by atoms with E-state index < -0.39 is 32.7 Å². The second-order valence-electron chi connectivity index (χ2n) is 3.24. The summed E-state index contributed by atoms with van der Waals surface area (Å²) in [6.07, 6.45) is -4.71. The monoisotopic (exact) mass is 303 g/mol. The molecule has 0 amide bonds. The van der Waals surface area contributed by atoms with Gasteiger partial charge in [-0.2, -0.15) is 13.2 Å². The first-order valence-corrected chi connectivity index (χ1v) is 6.70. The Bertz CT molecular complexity index is 530. The minimum atomic E-state index is -4.71. The molecule has 18 heavy (non-hydrogen) atoms. The zero-order valence-corrected chi connectivity index (χ0v) is 10.7. The van der Waals surface area contributed by atoms with Crippen LogP contribution < -0.4 is 9.46 Å². The second-order valence-corrected chi connectivity index (χ2v) is 5.54. The van der Waals surface area contributed by atoms with Crippen molar-refractivity contribution in [2.45, 2.75) is 6.18 Å². The highest BCUT2D eigenvalue weighted by Crippen LogP contribution is 2.37. The molecule has 102 valence electrons. The molecule has 0 heterocycles. The van der Waals surface area contributed by atoms with Gasteiger partial charge in [0.15, 0.2) is 0 Å². The fraction of sp³-hybridized carbons (Fsp3) is 0.333. The minimum Gasteiger partial charge on any atom is -0.497 e. The van der Waals surface area contributed by atoms with E-state index in [1.165, 1.54) is 13.2 Å². The summed E-state index contributed by atoms with van der Waals surface area (Å²) in [5.74, 6) is -0.0313. The second kappa shape index (κ2) is 5.23. The van der Waals surface area contributed by atoms with Gasteiger partial charge in [0.25, 0.3) is 0 Å². The fourth-order valence-electron chi connectivity index (χ4n) is 1.17. The standard InChI is InChI=1S/C9H9ClF3NO3S/c1-17-6-2-3-8(14-18(15,16)5-10)7(4-6)9(11,12)13/h2-4,14H,5H2,1H3. The topological polar surface area (TPSA) is 55.4 Å². The summed E-state index contributed by atoms with van der Waals surface area (Å²) in [6, 6.07) is 2.87. The first-order chi connectivity index (χ1) is 8.19. The van der Waals surface area contributed by atoms with E-state index in [4.69, 9.17) is 11.6 Å². The highest BCUT2D eigenvalue weighted by atomic mass is 35.5. The summed E-state index contributed by atoms with van der Waals surface area (Å²) < 4.78 is 66.9. The normalized spacial score (nSPS) is 12.3. The van der Waals surface area contributed by atoms with Gasteiger partial charge in [0, 0.05) is 0 Å². The summed E-state index contributed by atoms with van der Waals surface area (Å²) in [4.78, 5) is 0. The Morgan fingerprint density at radius 3 is 2.44 bits per heavy atom. The quantitative estimate of drug-likeness (QED) is 0.870. The van der Waals surface area contributed by atoms with Crippen molar-refractivity contribution in [3.05, 3.63) is 23.8 Å². The molecule has 0 aliphatic heterocycles. The Kier molecular flexibility index (Phi) is 4.33. The lowest BCUT2D eigenvalue weighted by Crippen LogP contribution is -2.17. The maximum Gasteiger partial charge on any atom is 0.418 e. The molecular formula is C9H9ClF3NO3S. The molecule has 0 spiro atoms. The molecule has 0 aromatic heterocycles. The number of rotatable bonds is 4. The summed E-state index contributed by atoms with van der Waals surface area (Å²) in [5, 5.41) is -0.837. The molecule has 1 N–H and O–H groups in total. The van der Waals surface area contributed by atoms with Crippen LogP contribution in [-0.2, 0) is 16.2 Å². The van der Waals surface area contributed by atoms with Crippen LogP contribution in [0.25, 0.3) is 0 Å². The van der Waals surface area contributed by atoms with Gasteiger partial charge < -0.3 is 4.74 Å². The predicted octanol–water partition coefficient (Wildman–Crippen LogP) is 2.65. The zero-order valence-electron chi connectivity index (χ0n) is 9.08. The number of halogens is 4. The van der Waals surface area contributed by atoms with E-state index in [9.17, 15) is 21.6 Å². The van der Waals surface area contributed by atoms with Crippen LogP contribution >= 0.6 is 11.6 Å². The van der Waals surface area contributed by atoms with Gasteiger partial charge in [0.05, 0.1) is 18.4 Å². The fourth-order valence-corrected chi connectivity index (χ4v) is 1.90. The third-order valence-electron chi connectivity index (χ3n) is 1.94. The van der Waals surface area contributed by atoms with E-state index in [-0.39, 0.29) is 5.75 Å². The molecule has 0 atom stereocenters. The van der Waals surface area contributed by atoms with Crippen LogP contribution in [0, 0.1) is 0 Å². The summed E-state index contributed by atoms with van der Waals surface area (Å²) in [5.41, 5.74) is -1.74. The maximum absolute atomic E-state index is 12.7. The Hall–Kier alpha value is -1.15. The van der Waals surface area contributed by atoms with Gasteiger partial charge in [-0.25, -0.2) is 8.42 Å². The van der Waals surface area contributed by atoms with Gasteiger partial charge in [-0.1, -0.05) is 0 Å². The molecule has 1 aromatic carbocycles. The highest BCUT2D eigenvalue weighted by Gasteiger charge is 2.35. The van der Waals surface area contributed by atoms with E-state index in [0.717, 1.165) is 6.07 Å². The Labute approximate surface area is 107 Å². The molecule has 0 aliphatic carbocycles. The average Bonchev–Trinajstić information content (AvgIpc) is 2.27. The maximum atomic E-state index is 12.7. The molecule has 0 aliphatic rings. The van der Waals surface area contributed by atoms with Crippen molar-refractivity contribution in [3.63, 3.8) is 0 Å². The predicted molar refractivity (Wildman–Crippen MR) is 61.3 cm³/mol. The molecule has 1 aromatic rings. The van der Waals surface area contributed by atoms with Crippen molar-refractivity contribution in [1.29, 1.82) is 0 Å². The van der Waals surface area contributed by atoms with Crippen molar-refractivity contribution < 1.29 is 26.3 Å². The summed E-state index contributed by atoms with van der Waals surface area (Å²) >= 11 is 5.11. The van der Waals surface area contributed by atoms with E-state index in [2.05, 4.69) is 4.74 Å². The van der Waals surface area contributed by atoms with E-state index in [1.54, 1.807) is 4.72 Å². The van der Waals surface area contributed by atoms with Gasteiger partial charge >= 0.3 is 6.18 Å². The Balaban J connectivity index is 3.28. The van der Waals surface area contributed by atoms with Gasteiger partial charge in [0.2, 0.25) is 10.0 Å². The third-order valence-corrected chi connectivity index (χ3v) is 3.62. The van der Waals surface area contributed by atoms with Crippen LogP contribution in [0.2, 0.25) is 0 Å². The number of alkyl halides is 4. The van der Waals surface area contributed by atoms with Crippen molar-refractivity contribution in [2.75, 3.05) is 17.0 Å². The first-order valence-electron chi connectivity index (χ1n) is 4.51. The lowest BCUT2D eigenvalue weighted by Gasteiger charge is -2.15. The molecule has 0 saturated carbocycles. The largest absolute Gasteiger partial charge is 0.497 e. The van der Waals surface area contributed by atoms with Crippen LogP contribution in [0.4, 0.5) is 18.9 Å². The number of hydrogen-bond acceptors (Lipinski definition) is 3. The van der Waals surface area contributed by atoms with Crippen LogP contribution in [0.3, 0.4) is 0 Å². The van der Waals surface area contributed by atoms with Crippen LogP contribution in [0.1, 0.15) is 5.56 Å². The number of methoxy groups -OCH3 is 1. The number of anilines is 1. The SMILES string of the molecule is COc1ccc(NS(=O)(=O)CCl)c(C(F)(F)F)c1. The minimum absolute atomic E-state index is 0.0313. The summed E-state index contributed by atoms with van der Waals surface area (Å²) in [7, 11) is -2.79. The first kappa shape index (κ1) is 14.9. The van der Waals surface area contributed by atoms with Crippen LogP contribution in [0.15, 0.2) is 18.2 Å². The number of ether oxygens (including phenoxy) is 1. The van der Waals surface area contributed by atoms with Crippen molar-refractivity contribution in [3.8, 4) is 5.75 Å². The molecule has 0 fully saturated rings. The average molecular weight is 304 g/mol. The summed E-state index contributed by atoms with van der Waals surface area (Å²) in [6.45, 7) is 0. The molecule has 4 nitrogen and oxygen atoms in total. The van der Waals surface area contributed by atoms with Gasteiger partial charge in [-0.3, -0.25) is 4.72 Å². The van der Waals surface area contributed by atoms with Gasteiger partial charge in [-0.05, 0) is 18.2 Å². The lowest BCUT2D eigenvalue weighted by atomic mass is 10.1. The number of benzene rings is 1. The van der Waals surface area contributed by atoms with Crippen molar-refractivity contribution in [1.82, 2.24) is 0 Å². The van der Waals surface area contributed by atoms with Crippen LogP contribution in [0.5, 0.6) is 5.75 Å². The zero-order chi connectivity index (χ0) is 14.0.